The Hall–Kier alpha value is -3.88. The molecule has 3 rings (SSSR count). The maximum absolute atomic E-state index is 10.4. The maximum atomic E-state index is 10.4. The number of carbonyl (C=O) groups is 1. The predicted molar refractivity (Wildman–Crippen MR) is 159 cm³/mol. The molecule has 0 aromatic heterocycles. The van der Waals surface area contributed by atoms with Gasteiger partial charge in [0.05, 0.1) is 26.8 Å². The van der Waals surface area contributed by atoms with E-state index in [2.05, 4.69) is 43.7 Å². The minimum absolute atomic E-state index is 0.188. The van der Waals surface area contributed by atoms with Gasteiger partial charge in [0.2, 0.25) is 6.41 Å². The SMILES string of the molecule is C#C.C#C.C=C(OCC)\C(=C/C=C\C=C1\CC[NH2+]C1)OC.CC(F)(F)F.O=CN1CCCCC1.c1ccccc1. The van der Waals surface area contributed by atoms with Gasteiger partial charge in [0.15, 0.2) is 11.5 Å². The van der Waals surface area contributed by atoms with E-state index in [4.69, 9.17) is 9.47 Å². The molecule has 0 bridgehead atoms. The van der Waals surface area contributed by atoms with Gasteiger partial charge in [-0.3, -0.25) is 4.79 Å². The molecular formula is C32H46F3N2O3+. The number of ether oxygens (including phenoxy) is 2. The normalized spacial score (nSPS) is 15.0. The highest BCUT2D eigenvalue weighted by molar-refractivity contribution is 5.46. The van der Waals surface area contributed by atoms with Crippen molar-refractivity contribution in [1.29, 1.82) is 0 Å². The Morgan fingerprint density at radius 1 is 1.02 bits per heavy atom. The molecule has 0 saturated carbocycles. The summed E-state index contributed by atoms with van der Waals surface area (Å²) in [5.74, 6) is 1.24. The average molecular weight is 564 g/mol. The zero-order chi connectivity index (χ0) is 31.1. The molecule has 8 heteroatoms. The molecule has 0 spiro atoms. The van der Waals surface area contributed by atoms with Crippen LogP contribution in [0.4, 0.5) is 13.2 Å². The van der Waals surface area contributed by atoms with E-state index in [-0.39, 0.29) is 6.92 Å². The molecule has 2 fully saturated rings. The number of hydrogen-bond donors (Lipinski definition) is 1. The Bertz CT molecular complexity index is 821. The molecule has 2 aliphatic rings. The summed E-state index contributed by atoms with van der Waals surface area (Å²) in [5, 5.41) is 2.31. The zero-order valence-electron chi connectivity index (χ0n) is 24.1. The quantitative estimate of drug-likeness (QED) is 0.195. The summed E-state index contributed by atoms with van der Waals surface area (Å²) in [7, 11) is 1.62. The number of terminal acetylenes is 2. The minimum Gasteiger partial charge on any atom is -0.493 e. The lowest BCUT2D eigenvalue weighted by atomic mass is 10.1. The van der Waals surface area contributed by atoms with Crippen molar-refractivity contribution in [2.75, 3.05) is 39.9 Å². The minimum atomic E-state index is -4.00. The van der Waals surface area contributed by atoms with Crippen LogP contribution in [0.25, 0.3) is 0 Å². The van der Waals surface area contributed by atoms with Gasteiger partial charge in [-0.1, -0.05) is 61.2 Å². The van der Waals surface area contributed by atoms with E-state index in [1.807, 2.05) is 66.4 Å². The number of rotatable bonds is 7. The third-order valence-electron chi connectivity index (χ3n) is 4.79. The number of halogens is 3. The van der Waals surface area contributed by atoms with Gasteiger partial charge in [0, 0.05) is 26.4 Å². The van der Waals surface area contributed by atoms with Gasteiger partial charge in [-0.2, -0.15) is 13.2 Å². The van der Waals surface area contributed by atoms with Crippen molar-refractivity contribution in [3.8, 4) is 25.7 Å². The van der Waals surface area contributed by atoms with Gasteiger partial charge < -0.3 is 19.7 Å². The van der Waals surface area contributed by atoms with E-state index >= 15 is 0 Å². The molecular weight excluding hydrogens is 517 g/mol. The molecule has 2 aliphatic heterocycles. The number of piperidine rings is 1. The molecule has 2 saturated heterocycles. The second-order valence-electron chi connectivity index (χ2n) is 7.97. The highest BCUT2D eigenvalue weighted by Crippen LogP contribution is 2.11. The van der Waals surface area contributed by atoms with Gasteiger partial charge in [0.1, 0.15) is 0 Å². The fraction of sp³-hybridized carbons (Fsp3) is 0.406. The Balaban J connectivity index is -0.000000493. The van der Waals surface area contributed by atoms with Gasteiger partial charge in [0.25, 0.3) is 0 Å². The fourth-order valence-corrected chi connectivity index (χ4v) is 3.09. The van der Waals surface area contributed by atoms with Crippen molar-refractivity contribution in [3.05, 3.63) is 84.4 Å². The lowest BCUT2D eigenvalue weighted by molar-refractivity contribution is -0.632. The summed E-state index contributed by atoms with van der Waals surface area (Å²) >= 11 is 0. The number of amides is 1. The Morgan fingerprint density at radius 3 is 1.88 bits per heavy atom. The number of likely N-dealkylation sites (tertiary alicyclic amines) is 1. The van der Waals surface area contributed by atoms with Crippen molar-refractivity contribution in [3.63, 3.8) is 0 Å². The van der Waals surface area contributed by atoms with E-state index in [1.165, 1.54) is 37.8 Å². The van der Waals surface area contributed by atoms with Crippen LogP contribution in [0.1, 0.15) is 39.5 Å². The van der Waals surface area contributed by atoms with Crippen LogP contribution in [0, 0.1) is 25.7 Å². The smallest absolute Gasteiger partial charge is 0.386 e. The van der Waals surface area contributed by atoms with Crippen LogP contribution in [0.5, 0.6) is 0 Å². The number of allylic oxidation sites excluding steroid dienone is 4. The molecule has 0 atom stereocenters. The predicted octanol–water partition coefficient (Wildman–Crippen LogP) is 5.90. The molecule has 1 amide bonds. The first-order valence-corrected chi connectivity index (χ1v) is 12.9. The molecule has 0 aliphatic carbocycles. The summed E-state index contributed by atoms with van der Waals surface area (Å²) in [6.45, 7) is 10.8. The number of hydrogen-bond acceptors (Lipinski definition) is 3. The number of nitrogens with two attached hydrogens (primary N) is 1. The summed E-state index contributed by atoms with van der Waals surface area (Å²) in [6, 6.07) is 12.0. The topological polar surface area (TPSA) is 55.4 Å². The van der Waals surface area contributed by atoms with E-state index < -0.39 is 6.18 Å². The lowest BCUT2D eigenvalue weighted by Gasteiger charge is -2.21. The van der Waals surface area contributed by atoms with E-state index in [0.717, 1.165) is 26.0 Å². The third-order valence-corrected chi connectivity index (χ3v) is 4.79. The monoisotopic (exact) mass is 563 g/mol. The molecule has 222 valence electrons. The summed E-state index contributed by atoms with van der Waals surface area (Å²) in [4.78, 5) is 11.9. The number of benzene rings is 1. The second kappa shape index (κ2) is 29.7. The molecule has 40 heavy (non-hydrogen) atoms. The first-order chi connectivity index (χ1) is 19.2. The highest BCUT2D eigenvalue weighted by atomic mass is 19.4. The van der Waals surface area contributed by atoms with E-state index in [0.29, 0.717) is 18.1 Å². The maximum Gasteiger partial charge on any atom is 0.386 e. The van der Waals surface area contributed by atoms with Crippen molar-refractivity contribution in [2.24, 2.45) is 0 Å². The average Bonchev–Trinajstić information content (AvgIpc) is 3.50. The fourth-order valence-electron chi connectivity index (χ4n) is 3.09. The Labute approximate surface area is 239 Å². The van der Waals surface area contributed by atoms with Crippen LogP contribution in [0.2, 0.25) is 0 Å². The third kappa shape index (κ3) is 30.3. The highest BCUT2D eigenvalue weighted by Gasteiger charge is 2.15. The van der Waals surface area contributed by atoms with Crippen LogP contribution in [0.15, 0.2) is 84.4 Å². The molecule has 0 radical (unpaired) electrons. The van der Waals surface area contributed by atoms with Gasteiger partial charge in [-0.15, -0.1) is 25.7 Å². The first-order valence-electron chi connectivity index (χ1n) is 12.9. The van der Waals surface area contributed by atoms with Crippen LogP contribution in [-0.2, 0) is 14.3 Å². The second-order valence-corrected chi connectivity index (χ2v) is 7.97. The van der Waals surface area contributed by atoms with Crippen LogP contribution >= 0.6 is 0 Å². The van der Waals surface area contributed by atoms with E-state index in [1.54, 1.807) is 7.11 Å². The van der Waals surface area contributed by atoms with Gasteiger partial charge in [-0.25, -0.2) is 0 Å². The number of methoxy groups -OCH3 is 1. The molecule has 2 heterocycles. The van der Waals surface area contributed by atoms with Crippen molar-refractivity contribution in [2.45, 2.75) is 45.7 Å². The van der Waals surface area contributed by atoms with Crippen LogP contribution in [0.3, 0.4) is 0 Å². The number of alkyl halides is 3. The summed E-state index contributed by atoms with van der Waals surface area (Å²) in [6.07, 6.45) is 25.8. The Morgan fingerprint density at radius 2 is 1.52 bits per heavy atom. The number of quaternary nitrogens is 1. The van der Waals surface area contributed by atoms with Gasteiger partial charge in [-0.05, 0) is 37.8 Å². The largest absolute Gasteiger partial charge is 0.493 e. The number of carbonyl (C=O) groups excluding carboxylic acids is 1. The summed E-state index contributed by atoms with van der Waals surface area (Å²) in [5.41, 5.74) is 1.48. The Kier molecular flexibility index (Phi) is 30.1. The van der Waals surface area contributed by atoms with Crippen molar-refractivity contribution in [1.82, 2.24) is 4.90 Å². The van der Waals surface area contributed by atoms with Crippen LogP contribution in [-0.4, -0.2) is 57.4 Å². The summed E-state index contributed by atoms with van der Waals surface area (Å²) < 4.78 is 41.5. The first kappa shape index (κ1) is 40.6. The van der Waals surface area contributed by atoms with Crippen molar-refractivity contribution < 1.29 is 32.8 Å². The van der Waals surface area contributed by atoms with Gasteiger partial charge >= 0.3 is 6.18 Å². The molecule has 5 nitrogen and oxygen atoms in total. The lowest BCUT2D eigenvalue weighted by Crippen LogP contribution is -2.80. The van der Waals surface area contributed by atoms with E-state index in [9.17, 15) is 18.0 Å². The number of nitrogens with zero attached hydrogens (tertiary/aromatic N) is 1. The van der Waals surface area contributed by atoms with Crippen LogP contribution < -0.4 is 5.32 Å². The molecule has 1 aromatic carbocycles. The standard InChI is InChI=1S/C14H21NO2.C6H11NO.C6H6.C2H3F3.2C2H2/c1-4-17-12(2)14(16-3)8-6-5-7-13-9-10-15-11-13;8-6-7-4-2-1-3-5-7;1-2-4-6-5-3-1;1-2(3,4)5;2*1-2/h5-8,15H,2,4,9-11H2,1,3H3;6H,1-5H2;1-6H;1H3;2*1-2H/p+1/b6-5-,13-7-,14-8+;;;;;. The molecule has 1 aromatic rings. The molecule has 0 unspecified atom stereocenters. The van der Waals surface area contributed by atoms with Crippen molar-refractivity contribution >= 4 is 6.41 Å². The molecule has 2 N–H and O–H groups in total. The zero-order valence-corrected chi connectivity index (χ0v) is 24.1.